The number of carbonyl (C=O) groups is 1. The average Bonchev–Trinajstić information content (AvgIpc) is 2.99. The van der Waals surface area contributed by atoms with Gasteiger partial charge in [-0.1, -0.05) is 31.2 Å². The first-order valence-corrected chi connectivity index (χ1v) is 14.7. The molecule has 0 spiro atoms. The number of anilines is 2. The maximum Gasteiger partial charge on any atom is 0.387 e. The Kier molecular flexibility index (Phi) is 9.06. The van der Waals surface area contributed by atoms with Crippen LogP contribution in [0.1, 0.15) is 53.2 Å². The average molecular weight is 563 g/mol. The van der Waals surface area contributed by atoms with Gasteiger partial charge < -0.3 is 19.4 Å². The molecular weight excluding hydrogens is 522 g/mol. The molecule has 2 saturated heterocycles. The number of ether oxygens (including phenoxy) is 1. The van der Waals surface area contributed by atoms with Gasteiger partial charge in [-0.25, -0.2) is 4.98 Å². The van der Waals surface area contributed by atoms with Gasteiger partial charge in [0.05, 0.1) is 5.69 Å². The summed E-state index contributed by atoms with van der Waals surface area (Å²) in [6.07, 6.45) is 5.57. The predicted molar refractivity (Wildman–Crippen MR) is 159 cm³/mol. The van der Waals surface area contributed by atoms with Gasteiger partial charge in [-0.05, 0) is 92.5 Å². The molecule has 0 aliphatic carbocycles. The summed E-state index contributed by atoms with van der Waals surface area (Å²) < 4.78 is 30.6. The van der Waals surface area contributed by atoms with Crippen LogP contribution in [0, 0.1) is 19.8 Å². The molecule has 0 unspecified atom stereocenters. The van der Waals surface area contributed by atoms with Crippen molar-refractivity contribution >= 4 is 17.4 Å². The van der Waals surface area contributed by atoms with Crippen LogP contribution < -0.4 is 14.5 Å². The third kappa shape index (κ3) is 6.63. The van der Waals surface area contributed by atoms with Gasteiger partial charge in [0.25, 0.3) is 5.91 Å². The van der Waals surface area contributed by atoms with E-state index in [1.165, 1.54) is 11.1 Å². The van der Waals surface area contributed by atoms with Crippen molar-refractivity contribution in [2.45, 2.75) is 59.1 Å². The van der Waals surface area contributed by atoms with Gasteiger partial charge in [0.2, 0.25) is 0 Å². The van der Waals surface area contributed by atoms with Crippen LogP contribution in [0.3, 0.4) is 0 Å². The standard InChI is InChI=1S/C33H40F2N4O2/c1-4-27-22-38(17-18-39(27)31-11-7-8-14-36-31)32(40)28-21-26(23(2)19-24(28)3)20-25-12-15-37(16-13-25)29-9-5-6-10-30(29)41-33(34)35/h5-11,14,19,21,25,27,33H,4,12-13,15-18,20,22H2,1-3H3/t27-/m1/s1. The van der Waals surface area contributed by atoms with Crippen molar-refractivity contribution in [3.63, 3.8) is 0 Å². The molecule has 2 fully saturated rings. The number of hydrogen-bond donors (Lipinski definition) is 0. The minimum Gasteiger partial charge on any atom is -0.433 e. The molecule has 6 nitrogen and oxygen atoms in total. The molecule has 2 aliphatic heterocycles. The number of alkyl halides is 2. The summed E-state index contributed by atoms with van der Waals surface area (Å²) in [6, 6.07) is 17.5. The Morgan fingerprint density at radius 2 is 1.76 bits per heavy atom. The smallest absolute Gasteiger partial charge is 0.387 e. The largest absolute Gasteiger partial charge is 0.433 e. The molecule has 5 rings (SSSR count). The highest BCUT2D eigenvalue weighted by Gasteiger charge is 2.31. The molecule has 218 valence electrons. The topological polar surface area (TPSA) is 48.9 Å². The summed E-state index contributed by atoms with van der Waals surface area (Å²) in [4.78, 5) is 24.8. The van der Waals surface area contributed by atoms with E-state index >= 15 is 0 Å². The Labute approximate surface area is 241 Å². The van der Waals surface area contributed by atoms with Crippen LogP contribution in [0.5, 0.6) is 5.75 Å². The number of hydrogen-bond acceptors (Lipinski definition) is 5. The van der Waals surface area contributed by atoms with E-state index in [1.807, 2.05) is 48.4 Å². The molecule has 0 saturated carbocycles. The van der Waals surface area contributed by atoms with Crippen molar-refractivity contribution in [3.8, 4) is 5.75 Å². The second-order valence-electron chi connectivity index (χ2n) is 11.3. The molecule has 8 heteroatoms. The maximum absolute atomic E-state index is 13.8. The van der Waals surface area contributed by atoms with E-state index < -0.39 is 6.61 Å². The number of rotatable bonds is 8. The molecular formula is C33H40F2N4O2. The number of nitrogens with zero attached hydrogens (tertiary/aromatic N) is 4. The van der Waals surface area contributed by atoms with Crippen molar-refractivity contribution in [2.75, 3.05) is 42.5 Å². The van der Waals surface area contributed by atoms with Gasteiger partial charge in [-0.2, -0.15) is 8.78 Å². The van der Waals surface area contributed by atoms with Gasteiger partial charge >= 0.3 is 6.61 Å². The molecule has 3 aromatic rings. The van der Waals surface area contributed by atoms with Crippen molar-refractivity contribution < 1.29 is 18.3 Å². The van der Waals surface area contributed by atoms with E-state index in [0.717, 1.165) is 67.9 Å². The zero-order valence-electron chi connectivity index (χ0n) is 24.2. The summed E-state index contributed by atoms with van der Waals surface area (Å²) in [7, 11) is 0. The van der Waals surface area contributed by atoms with E-state index in [4.69, 9.17) is 4.74 Å². The zero-order valence-corrected chi connectivity index (χ0v) is 24.2. The Balaban J connectivity index is 1.24. The number of para-hydroxylation sites is 2. The van der Waals surface area contributed by atoms with E-state index in [2.05, 4.69) is 40.8 Å². The normalized spacial score (nSPS) is 18.2. The molecule has 3 heterocycles. The van der Waals surface area contributed by atoms with E-state index in [1.54, 1.807) is 12.1 Å². The quantitative estimate of drug-likeness (QED) is 0.314. The molecule has 41 heavy (non-hydrogen) atoms. The lowest BCUT2D eigenvalue weighted by molar-refractivity contribution is -0.0495. The van der Waals surface area contributed by atoms with Crippen molar-refractivity contribution in [3.05, 3.63) is 83.0 Å². The Bertz CT molecular complexity index is 1330. The third-order valence-electron chi connectivity index (χ3n) is 8.64. The van der Waals surface area contributed by atoms with Crippen molar-refractivity contribution in [1.29, 1.82) is 0 Å². The first-order valence-electron chi connectivity index (χ1n) is 14.7. The fraction of sp³-hybridized carbons (Fsp3) is 0.455. The van der Waals surface area contributed by atoms with Crippen LogP contribution in [-0.4, -0.2) is 61.2 Å². The monoisotopic (exact) mass is 562 g/mol. The highest BCUT2D eigenvalue weighted by Crippen LogP contribution is 2.34. The summed E-state index contributed by atoms with van der Waals surface area (Å²) in [5, 5.41) is 0. The number of piperidine rings is 1. The first kappa shape index (κ1) is 28.8. The van der Waals surface area contributed by atoms with Gasteiger partial charge in [0, 0.05) is 50.5 Å². The van der Waals surface area contributed by atoms with Crippen molar-refractivity contribution in [2.24, 2.45) is 5.92 Å². The molecule has 1 amide bonds. The van der Waals surface area contributed by atoms with Crippen LogP contribution in [0.15, 0.2) is 60.8 Å². The minimum absolute atomic E-state index is 0.105. The van der Waals surface area contributed by atoms with Gasteiger partial charge in [-0.15, -0.1) is 0 Å². The lowest BCUT2D eigenvalue weighted by Gasteiger charge is -2.42. The Hall–Kier alpha value is -3.68. The van der Waals surface area contributed by atoms with E-state index in [9.17, 15) is 13.6 Å². The molecule has 1 aromatic heterocycles. The summed E-state index contributed by atoms with van der Waals surface area (Å²) in [5.41, 5.74) is 4.96. The molecule has 2 aromatic carbocycles. The fourth-order valence-corrected chi connectivity index (χ4v) is 6.34. The second-order valence-corrected chi connectivity index (χ2v) is 11.3. The predicted octanol–water partition coefficient (Wildman–Crippen LogP) is 6.50. The number of halogens is 2. The number of aromatic nitrogens is 1. The van der Waals surface area contributed by atoms with Crippen LogP contribution in [0.25, 0.3) is 0 Å². The SMILES string of the molecule is CC[C@@H]1CN(C(=O)c2cc(CC3CCN(c4ccccc4OC(F)F)CC3)c(C)cc2C)CCN1c1ccccn1. The van der Waals surface area contributed by atoms with Crippen molar-refractivity contribution in [1.82, 2.24) is 9.88 Å². The van der Waals surface area contributed by atoms with Gasteiger partial charge in [0.1, 0.15) is 11.6 Å². The minimum atomic E-state index is -2.84. The van der Waals surface area contributed by atoms with Gasteiger partial charge in [-0.3, -0.25) is 4.79 Å². The first-order chi connectivity index (χ1) is 19.8. The number of piperazine rings is 1. The van der Waals surface area contributed by atoms with E-state index in [0.29, 0.717) is 19.0 Å². The lowest BCUT2D eigenvalue weighted by Crippen LogP contribution is -2.55. The maximum atomic E-state index is 13.8. The number of pyridine rings is 1. The highest BCUT2D eigenvalue weighted by molar-refractivity contribution is 5.96. The Morgan fingerprint density at radius 1 is 1.00 bits per heavy atom. The summed E-state index contributed by atoms with van der Waals surface area (Å²) in [6.45, 7) is 7.17. The number of carbonyl (C=O) groups excluding carboxylic acids is 1. The van der Waals surface area contributed by atoms with Crippen LogP contribution in [-0.2, 0) is 6.42 Å². The second kappa shape index (κ2) is 12.9. The number of aryl methyl sites for hydroxylation is 2. The van der Waals surface area contributed by atoms with Crippen LogP contribution in [0.2, 0.25) is 0 Å². The molecule has 2 aliphatic rings. The number of benzene rings is 2. The summed E-state index contributed by atoms with van der Waals surface area (Å²) in [5.74, 6) is 1.76. The molecule has 1 atom stereocenters. The van der Waals surface area contributed by atoms with Crippen LogP contribution in [0.4, 0.5) is 20.3 Å². The lowest BCUT2D eigenvalue weighted by atomic mass is 9.86. The summed E-state index contributed by atoms with van der Waals surface area (Å²) >= 11 is 0. The highest BCUT2D eigenvalue weighted by atomic mass is 19.3. The zero-order chi connectivity index (χ0) is 28.9. The van der Waals surface area contributed by atoms with Gasteiger partial charge in [0.15, 0.2) is 0 Å². The molecule has 0 bridgehead atoms. The van der Waals surface area contributed by atoms with Crippen LogP contribution >= 0.6 is 0 Å². The molecule has 0 N–H and O–H groups in total. The molecule has 0 radical (unpaired) electrons. The third-order valence-corrected chi connectivity index (χ3v) is 8.64. The fourth-order valence-electron chi connectivity index (χ4n) is 6.34. The van der Waals surface area contributed by atoms with E-state index in [-0.39, 0.29) is 17.7 Å². The Morgan fingerprint density at radius 3 is 2.46 bits per heavy atom. The number of amides is 1.